The van der Waals surface area contributed by atoms with Crippen LogP contribution in [-0.2, 0) is 6.42 Å². The average molecular weight is 313 g/mol. The van der Waals surface area contributed by atoms with Gasteiger partial charge < -0.3 is 5.32 Å². The third kappa shape index (κ3) is 4.13. The maximum Gasteiger partial charge on any atom is 0.271 e. The van der Waals surface area contributed by atoms with Gasteiger partial charge in [0.05, 0.1) is 15.6 Å². The first kappa shape index (κ1) is 15.2. The van der Waals surface area contributed by atoms with Crippen LogP contribution in [-0.4, -0.2) is 11.5 Å². The number of rotatable bonds is 5. The minimum Gasteiger partial charge on any atom is -0.384 e. The number of halogens is 3. The molecule has 0 heterocycles. The molecule has 7 heteroatoms. The summed E-state index contributed by atoms with van der Waals surface area (Å²) < 4.78 is 26.0. The number of non-ortho nitro benzene ring substituents is 1. The van der Waals surface area contributed by atoms with Crippen LogP contribution < -0.4 is 5.32 Å². The lowest BCUT2D eigenvalue weighted by Gasteiger charge is -2.08. The van der Waals surface area contributed by atoms with Crippen LogP contribution in [0, 0.1) is 21.7 Å². The third-order valence-corrected chi connectivity index (χ3v) is 3.13. The highest BCUT2D eigenvalue weighted by Crippen LogP contribution is 2.26. The predicted octanol–water partition coefficient (Wildman–Crippen LogP) is 4.18. The summed E-state index contributed by atoms with van der Waals surface area (Å²) in [5.74, 6) is -1.25. The molecule has 0 aliphatic rings. The Morgan fingerprint density at radius 2 is 1.81 bits per heavy atom. The van der Waals surface area contributed by atoms with E-state index < -0.39 is 16.6 Å². The first-order valence-corrected chi connectivity index (χ1v) is 6.46. The molecule has 0 radical (unpaired) electrons. The van der Waals surface area contributed by atoms with Gasteiger partial charge in [-0.1, -0.05) is 11.6 Å². The van der Waals surface area contributed by atoms with E-state index in [4.69, 9.17) is 11.6 Å². The lowest BCUT2D eigenvalue weighted by Crippen LogP contribution is -2.06. The first-order chi connectivity index (χ1) is 9.95. The van der Waals surface area contributed by atoms with Crippen molar-refractivity contribution in [2.75, 3.05) is 11.9 Å². The molecule has 0 fully saturated rings. The summed E-state index contributed by atoms with van der Waals surface area (Å²) in [5, 5.41) is 13.8. The van der Waals surface area contributed by atoms with E-state index in [1.807, 2.05) is 0 Å². The zero-order chi connectivity index (χ0) is 15.4. The number of hydrogen-bond acceptors (Lipinski definition) is 3. The van der Waals surface area contributed by atoms with E-state index in [0.717, 1.165) is 6.07 Å². The summed E-state index contributed by atoms with van der Waals surface area (Å²) in [5.41, 5.74) is 0.940. The van der Waals surface area contributed by atoms with Gasteiger partial charge in [0.25, 0.3) is 5.69 Å². The van der Waals surface area contributed by atoms with Gasteiger partial charge in [-0.2, -0.15) is 0 Å². The highest BCUT2D eigenvalue weighted by atomic mass is 35.5. The van der Waals surface area contributed by atoms with Crippen LogP contribution in [0.4, 0.5) is 20.2 Å². The van der Waals surface area contributed by atoms with Crippen molar-refractivity contribution < 1.29 is 13.7 Å². The van der Waals surface area contributed by atoms with E-state index in [0.29, 0.717) is 24.2 Å². The lowest BCUT2D eigenvalue weighted by atomic mass is 10.1. The summed E-state index contributed by atoms with van der Waals surface area (Å²) >= 11 is 5.92. The molecule has 0 amide bonds. The molecule has 2 aromatic rings. The Morgan fingerprint density at radius 1 is 1.14 bits per heavy atom. The van der Waals surface area contributed by atoms with Gasteiger partial charge in [-0.25, -0.2) is 8.78 Å². The highest BCUT2D eigenvalue weighted by molar-refractivity contribution is 6.33. The maximum atomic E-state index is 13.0. The van der Waals surface area contributed by atoms with E-state index in [-0.39, 0.29) is 10.7 Å². The fraction of sp³-hybridized carbons (Fsp3) is 0.143. The monoisotopic (exact) mass is 312 g/mol. The zero-order valence-corrected chi connectivity index (χ0v) is 11.5. The van der Waals surface area contributed by atoms with Crippen LogP contribution in [0.2, 0.25) is 5.02 Å². The Hall–Kier alpha value is -2.21. The molecule has 110 valence electrons. The largest absolute Gasteiger partial charge is 0.384 e. The smallest absolute Gasteiger partial charge is 0.271 e. The SMILES string of the molecule is O=[N+]([O-])c1ccc(NCCc2cc(F)cc(F)c2)c(Cl)c1. The number of nitrogens with one attached hydrogen (secondary N) is 1. The zero-order valence-electron chi connectivity index (χ0n) is 10.8. The van der Waals surface area contributed by atoms with Crippen LogP contribution in [0.1, 0.15) is 5.56 Å². The molecule has 2 rings (SSSR count). The molecule has 1 N–H and O–H groups in total. The maximum absolute atomic E-state index is 13.0. The van der Waals surface area contributed by atoms with Gasteiger partial charge in [-0.05, 0) is 30.2 Å². The lowest BCUT2D eigenvalue weighted by molar-refractivity contribution is -0.384. The highest BCUT2D eigenvalue weighted by Gasteiger charge is 2.09. The standard InChI is InChI=1S/C14H11ClF2N2O2/c15-13-8-12(19(20)21)1-2-14(13)18-4-3-9-5-10(16)7-11(17)6-9/h1-2,5-8,18H,3-4H2. The molecular weight excluding hydrogens is 302 g/mol. The van der Waals surface area contributed by atoms with Crippen LogP contribution in [0.5, 0.6) is 0 Å². The molecule has 0 saturated heterocycles. The third-order valence-electron chi connectivity index (χ3n) is 2.81. The van der Waals surface area contributed by atoms with Gasteiger partial charge in [0, 0.05) is 24.7 Å². The Balaban J connectivity index is 1.98. The molecule has 2 aromatic carbocycles. The summed E-state index contributed by atoms with van der Waals surface area (Å²) in [4.78, 5) is 10.0. The van der Waals surface area contributed by atoms with Gasteiger partial charge >= 0.3 is 0 Å². The molecule has 0 aromatic heterocycles. The average Bonchev–Trinajstić information content (AvgIpc) is 2.39. The van der Waals surface area contributed by atoms with Crippen molar-refractivity contribution in [2.24, 2.45) is 0 Å². The van der Waals surface area contributed by atoms with E-state index in [1.54, 1.807) is 0 Å². The van der Waals surface area contributed by atoms with E-state index in [9.17, 15) is 18.9 Å². The van der Waals surface area contributed by atoms with Crippen molar-refractivity contribution in [2.45, 2.75) is 6.42 Å². The number of nitro groups is 1. The minimum absolute atomic E-state index is 0.0993. The normalized spacial score (nSPS) is 10.4. The Morgan fingerprint density at radius 3 is 2.38 bits per heavy atom. The van der Waals surface area contributed by atoms with Gasteiger partial charge in [0.15, 0.2) is 0 Å². The number of nitro benzene ring substituents is 1. The topological polar surface area (TPSA) is 55.2 Å². The predicted molar refractivity (Wildman–Crippen MR) is 76.7 cm³/mol. The summed E-state index contributed by atoms with van der Waals surface area (Å²) in [6.07, 6.45) is 0.391. The van der Waals surface area contributed by atoms with Crippen molar-refractivity contribution in [3.05, 3.63) is 68.7 Å². The van der Waals surface area contributed by atoms with Gasteiger partial charge in [-0.15, -0.1) is 0 Å². The second kappa shape index (κ2) is 6.49. The molecule has 4 nitrogen and oxygen atoms in total. The molecule has 0 unspecified atom stereocenters. The van der Waals surface area contributed by atoms with E-state index in [1.165, 1.54) is 30.3 Å². The van der Waals surface area contributed by atoms with Gasteiger partial charge in [-0.3, -0.25) is 10.1 Å². The van der Waals surface area contributed by atoms with E-state index >= 15 is 0 Å². The Bertz CT molecular complexity index is 660. The van der Waals surface area contributed by atoms with Crippen LogP contribution >= 0.6 is 11.6 Å². The Kier molecular flexibility index (Phi) is 4.70. The van der Waals surface area contributed by atoms with Crippen molar-refractivity contribution in [3.63, 3.8) is 0 Å². The van der Waals surface area contributed by atoms with Gasteiger partial charge in [0.2, 0.25) is 0 Å². The van der Waals surface area contributed by atoms with Crippen molar-refractivity contribution in [1.82, 2.24) is 0 Å². The van der Waals surface area contributed by atoms with Crippen LogP contribution in [0.15, 0.2) is 36.4 Å². The van der Waals surface area contributed by atoms with Crippen molar-refractivity contribution >= 4 is 23.0 Å². The number of hydrogen-bond donors (Lipinski definition) is 1. The first-order valence-electron chi connectivity index (χ1n) is 6.08. The van der Waals surface area contributed by atoms with Crippen molar-refractivity contribution in [1.29, 1.82) is 0 Å². The second-order valence-corrected chi connectivity index (χ2v) is 4.78. The van der Waals surface area contributed by atoms with Crippen LogP contribution in [0.25, 0.3) is 0 Å². The summed E-state index contributed by atoms with van der Waals surface area (Å²) in [7, 11) is 0. The molecule has 0 bridgehead atoms. The second-order valence-electron chi connectivity index (χ2n) is 4.38. The molecule has 0 aliphatic heterocycles. The fourth-order valence-corrected chi connectivity index (χ4v) is 2.10. The van der Waals surface area contributed by atoms with E-state index in [2.05, 4.69) is 5.32 Å². The summed E-state index contributed by atoms with van der Waals surface area (Å²) in [6.45, 7) is 0.389. The molecular formula is C14H11ClF2N2O2. The molecule has 0 atom stereocenters. The molecule has 0 spiro atoms. The minimum atomic E-state index is -0.627. The fourth-order valence-electron chi connectivity index (χ4n) is 1.86. The van der Waals surface area contributed by atoms with Gasteiger partial charge in [0.1, 0.15) is 11.6 Å². The Labute approximate surface area is 124 Å². The molecule has 21 heavy (non-hydrogen) atoms. The summed E-state index contributed by atoms with van der Waals surface area (Å²) in [6, 6.07) is 7.38. The van der Waals surface area contributed by atoms with Crippen molar-refractivity contribution in [3.8, 4) is 0 Å². The molecule has 0 saturated carbocycles. The number of benzene rings is 2. The number of anilines is 1. The quantitative estimate of drug-likeness (QED) is 0.665. The van der Waals surface area contributed by atoms with Crippen LogP contribution in [0.3, 0.4) is 0 Å². The number of nitrogens with zero attached hydrogens (tertiary/aromatic N) is 1. The molecule has 0 aliphatic carbocycles.